The summed E-state index contributed by atoms with van der Waals surface area (Å²) >= 11 is 0. The van der Waals surface area contributed by atoms with E-state index in [1.54, 1.807) is 0 Å². The minimum atomic E-state index is -1.08. The topological polar surface area (TPSA) is 40.1 Å². The van der Waals surface area contributed by atoms with Crippen molar-refractivity contribution >= 4 is 5.97 Å². The van der Waals surface area contributed by atoms with Crippen LogP contribution in [0.15, 0.2) is 0 Å². The van der Waals surface area contributed by atoms with Crippen molar-refractivity contribution in [3.05, 3.63) is 0 Å². The van der Waals surface area contributed by atoms with Crippen molar-refractivity contribution in [2.24, 2.45) is 0 Å². The van der Waals surface area contributed by atoms with Gasteiger partial charge in [0.15, 0.2) is 0 Å². The molecule has 0 unspecified atom stereocenters. The Morgan fingerprint density at radius 2 is 1.67 bits per heavy atom. The molecule has 0 bridgehead atoms. The Kier molecular flexibility index (Phi) is 24.6. The van der Waals surface area contributed by atoms with Crippen LogP contribution in [-0.2, 0) is 4.79 Å². The van der Waals surface area contributed by atoms with Gasteiger partial charge in [0.1, 0.15) is 0 Å². The van der Waals surface area contributed by atoms with E-state index in [2.05, 4.69) is 0 Å². The molecule has 0 aromatic carbocycles. The third-order valence-corrected chi connectivity index (χ3v) is 0. The zero-order chi connectivity index (χ0) is 3.58. The molecule has 0 spiro atoms. The molecule has 0 saturated carbocycles. The van der Waals surface area contributed by atoms with Gasteiger partial charge in [-0.3, -0.25) is 0 Å². The van der Waals surface area contributed by atoms with E-state index in [4.69, 9.17) is 9.90 Å². The molecular weight excluding hydrogens is 230 g/mol. The van der Waals surface area contributed by atoms with E-state index in [0.717, 1.165) is 6.92 Å². The molecule has 0 rings (SSSR count). The zero-order valence-corrected chi connectivity index (χ0v) is 7.65. The van der Waals surface area contributed by atoms with E-state index in [1.165, 1.54) is 0 Å². The average Bonchev–Trinajstić information content (AvgIpc) is 0.811. The molecular formula is C2H3ClLaO2+. The van der Waals surface area contributed by atoms with Gasteiger partial charge in [-0.15, -0.1) is 0 Å². The predicted molar refractivity (Wildman–Crippen MR) is 10.7 cm³/mol. The monoisotopic (exact) mass is 233 g/mol. The Hall–Kier alpha value is 0.955. The Bertz CT molecular complexity index is 34.5. The SMILES string of the molecule is CC(=O)[O-].[Cl-].[La+3]. The maximum Gasteiger partial charge on any atom is 3.00 e. The maximum absolute atomic E-state index is 8.89. The van der Waals surface area contributed by atoms with Crippen molar-refractivity contribution in [2.75, 3.05) is 0 Å². The molecule has 0 fully saturated rings. The van der Waals surface area contributed by atoms with Gasteiger partial charge in [0.25, 0.3) is 0 Å². The smallest absolute Gasteiger partial charge is 1.00 e. The van der Waals surface area contributed by atoms with Gasteiger partial charge in [-0.25, -0.2) is 0 Å². The van der Waals surface area contributed by atoms with Crippen molar-refractivity contribution in [3.63, 3.8) is 0 Å². The van der Waals surface area contributed by atoms with Crippen LogP contribution >= 0.6 is 0 Å². The number of rotatable bonds is 0. The molecule has 0 aromatic heterocycles. The third-order valence-electron chi connectivity index (χ3n) is 0. The van der Waals surface area contributed by atoms with Crippen molar-refractivity contribution in [1.82, 2.24) is 0 Å². The third kappa shape index (κ3) is 85.0. The van der Waals surface area contributed by atoms with Gasteiger partial charge in [-0.2, -0.15) is 0 Å². The number of hydrogen-bond donors (Lipinski definition) is 0. The second-order valence-electron chi connectivity index (χ2n) is 0.492. The number of aliphatic carboxylic acids is 1. The van der Waals surface area contributed by atoms with Crippen LogP contribution in [0.2, 0.25) is 0 Å². The summed E-state index contributed by atoms with van der Waals surface area (Å²) in [4.78, 5) is 8.89. The fraction of sp³-hybridized carbons (Fsp3) is 0.500. The summed E-state index contributed by atoms with van der Waals surface area (Å²) in [6.07, 6.45) is 0. The van der Waals surface area contributed by atoms with E-state index >= 15 is 0 Å². The quantitative estimate of drug-likeness (QED) is 0.425. The summed E-state index contributed by atoms with van der Waals surface area (Å²) in [6, 6.07) is 0. The van der Waals surface area contributed by atoms with Gasteiger partial charge < -0.3 is 22.3 Å². The molecule has 0 amide bonds. The van der Waals surface area contributed by atoms with Crippen LogP contribution in [0.3, 0.4) is 0 Å². The number of hydrogen-bond acceptors (Lipinski definition) is 2. The molecule has 4 heteroatoms. The van der Waals surface area contributed by atoms with E-state index in [9.17, 15) is 0 Å². The van der Waals surface area contributed by atoms with Crippen molar-refractivity contribution in [3.8, 4) is 0 Å². The first-order chi connectivity index (χ1) is 1.73. The fourth-order valence-electron chi connectivity index (χ4n) is 0. The zero-order valence-electron chi connectivity index (χ0n) is 3.27. The number of carbonyl (C=O) groups is 1. The molecule has 6 heavy (non-hydrogen) atoms. The first-order valence-corrected chi connectivity index (χ1v) is 0.908. The molecule has 0 radical (unpaired) electrons. The Morgan fingerprint density at radius 3 is 1.67 bits per heavy atom. The average molecular weight is 233 g/mol. The van der Waals surface area contributed by atoms with E-state index < -0.39 is 5.97 Å². The van der Waals surface area contributed by atoms with Gasteiger partial charge in [-0.1, -0.05) is 0 Å². The van der Waals surface area contributed by atoms with E-state index in [-0.39, 0.29) is 48.0 Å². The molecule has 0 aliphatic carbocycles. The number of carboxylic acids is 1. The van der Waals surface area contributed by atoms with Crippen LogP contribution in [-0.4, -0.2) is 5.97 Å². The van der Waals surface area contributed by atoms with E-state index in [0.29, 0.717) is 0 Å². The van der Waals surface area contributed by atoms with Crippen LogP contribution in [0.1, 0.15) is 6.92 Å². The van der Waals surface area contributed by atoms with Gasteiger partial charge in [0.2, 0.25) is 0 Å². The van der Waals surface area contributed by atoms with E-state index in [1.807, 2.05) is 0 Å². The van der Waals surface area contributed by atoms with Gasteiger partial charge in [-0.05, 0) is 6.92 Å². The first kappa shape index (κ1) is 15.8. The largest absolute Gasteiger partial charge is 3.00 e. The molecule has 0 heterocycles. The molecule has 0 aliphatic rings. The molecule has 2 nitrogen and oxygen atoms in total. The molecule has 0 N–H and O–H groups in total. The number of carboxylic acid groups (broad SMARTS) is 1. The maximum atomic E-state index is 8.89. The van der Waals surface area contributed by atoms with Crippen LogP contribution < -0.4 is 17.5 Å². The summed E-state index contributed by atoms with van der Waals surface area (Å²) < 4.78 is 0. The second kappa shape index (κ2) is 9.35. The second-order valence-corrected chi connectivity index (χ2v) is 0.492. The van der Waals surface area contributed by atoms with Crippen LogP contribution in [0.4, 0.5) is 0 Å². The standard InChI is InChI=1S/C2H4O2.ClH.La/c1-2(3)4;;/h1H3,(H,3,4);1H;/q;;+3/p-2. The first-order valence-electron chi connectivity index (χ1n) is 0.908. The Balaban J connectivity index is -0.0000000450. The molecule has 32 valence electrons. The van der Waals surface area contributed by atoms with Crippen molar-refractivity contribution < 1.29 is 57.9 Å². The van der Waals surface area contributed by atoms with Crippen LogP contribution in [0.25, 0.3) is 0 Å². The molecule has 0 saturated heterocycles. The summed E-state index contributed by atoms with van der Waals surface area (Å²) in [5.74, 6) is -1.08. The predicted octanol–water partition coefficient (Wildman–Crippen LogP) is -4.24. The molecule has 0 aliphatic heterocycles. The normalized spacial score (nSPS) is 4.17. The molecule has 0 aromatic rings. The summed E-state index contributed by atoms with van der Waals surface area (Å²) in [5.41, 5.74) is 0. The minimum Gasteiger partial charge on any atom is -1.00 e. The summed E-state index contributed by atoms with van der Waals surface area (Å²) in [5, 5.41) is 8.89. The molecule has 0 atom stereocenters. The summed E-state index contributed by atoms with van der Waals surface area (Å²) in [6.45, 7) is 0.972. The van der Waals surface area contributed by atoms with Gasteiger partial charge in [0.05, 0.1) is 0 Å². The van der Waals surface area contributed by atoms with Gasteiger partial charge >= 0.3 is 35.6 Å². The van der Waals surface area contributed by atoms with Crippen LogP contribution in [0.5, 0.6) is 0 Å². The Morgan fingerprint density at radius 1 is 1.67 bits per heavy atom. The van der Waals surface area contributed by atoms with Gasteiger partial charge in [0, 0.05) is 5.97 Å². The fourth-order valence-corrected chi connectivity index (χ4v) is 0. The number of halogens is 1. The Labute approximate surface area is 70.3 Å². The van der Waals surface area contributed by atoms with Crippen molar-refractivity contribution in [2.45, 2.75) is 6.92 Å². The summed E-state index contributed by atoms with van der Waals surface area (Å²) in [7, 11) is 0. The van der Waals surface area contributed by atoms with Crippen LogP contribution in [0, 0.1) is 35.6 Å². The van der Waals surface area contributed by atoms with Crippen molar-refractivity contribution in [1.29, 1.82) is 0 Å². The number of carbonyl (C=O) groups excluding carboxylic acids is 1. The minimum absolute atomic E-state index is 0.